The summed E-state index contributed by atoms with van der Waals surface area (Å²) in [4.78, 5) is 40.2. The maximum Gasteiger partial charge on any atom is 0.256 e. The van der Waals surface area contributed by atoms with Crippen molar-refractivity contribution in [1.29, 1.82) is 0 Å². The highest BCUT2D eigenvalue weighted by atomic mass is 35.5. The molecule has 2 aromatic rings. The van der Waals surface area contributed by atoms with Crippen LogP contribution in [0.5, 0.6) is 0 Å². The van der Waals surface area contributed by atoms with Gasteiger partial charge in [-0.1, -0.05) is 29.8 Å². The molecule has 0 saturated carbocycles. The monoisotopic (exact) mass is 371 g/mol. The van der Waals surface area contributed by atoms with E-state index in [-0.39, 0.29) is 30.8 Å². The number of nitrogens with zero attached hydrogens (tertiary/aromatic N) is 2. The van der Waals surface area contributed by atoms with Crippen LogP contribution < -0.4 is 10.2 Å². The van der Waals surface area contributed by atoms with Gasteiger partial charge in [0.05, 0.1) is 11.3 Å². The summed E-state index contributed by atoms with van der Waals surface area (Å²) in [6, 6.07) is 12.0. The molecule has 1 aliphatic heterocycles. The van der Waals surface area contributed by atoms with Crippen molar-refractivity contribution >= 4 is 40.7 Å². The van der Waals surface area contributed by atoms with Crippen LogP contribution in [0, 0.1) is 6.92 Å². The Morgan fingerprint density at radius 1 is 1.19 bits per heavy atom. The highest BCUT2D eigenvalue weighted by molar-refractivity contribution is 6.31. The molecule has 1 aliphatic rings. The highest BCUT2D eigenvalue weighted by Crippen LogP contribution is 2.25. The van der Waals surface area contributed by atoms with E-state index in [9.17, 15) is 14.4 Å². The Balaban J connectivity index is 1.87. The first-order valence-corrected chi connectivity index (χ1v) is 8.45. The van der Waals surface area contributed by atoms with E-state index in [1.54, 1.807) is 49.5 Å². The van der Waals surface area contributed by atoms with Crippen molar-refractivity contribution in [2.24, 2.45) is 0 Å². The highest BCUT2D eigenvalue weighted by Gasteiger charge is 2.30. The van der Waals surface area contributed by atoms with Crippen molar-refractivity contribution < 1.29 is 14.4 Å². The quantitative estimate of drug-likeness (QED) is 0.901. The van der Waals surface area contributed by atoms with Crippen molar-refractivity contribution in [1.82, 2.24) is 4.90 Å². The van der Waals surface area contributed by atoms with Gasteiger partial charge in [0.15, 0.2) is 0 Å². The average molecular weight is 372 g/mol. The van der Waals surface area contributed by atoms with Gasteiger partial charge in [0.2, 0.25) is 11.8 Å². The second kappa shape index (κ2) is 7.17. The summed E-state index contributed by atoms with van der Waals surface area (Å²) in [5, 5.41) is 3.29. The molecule has 0 radical (unpaired) electrons. The predicted molar refractivity (Wildman–Crippen MR) is 101 cm³/mol. The number of hydrogen-bond acceptors (Lipinski definition) is 3. The summed E-state index contributed by atoms with van der Waals surface area (Å²) in [6.45, 7) is 1.58. The van der Waals surface area contributed by atoms with E-state index < -0.39 is 0 Å². The molecule has 6 nitrogen and oxygen atoms in total. The molecule has 0 spiro atoms. The molecule has 0 fully saturated rings. The van der Waals surface area contributed by atoms with Gasteiger partial charge in [0.25, 0.3) is 5.91 Å². The lowest BCUT2D eigenvalue weighted by Gasteiger charge is -2.22. The standard InChI is InChI=1S/C19H18ClN3O3/c1-12-7-8-13(20)9-15(12)21-17(24)10-23-16-6-4-3-5-14(16)19(26)22(2)11-18(23)25/h3-9H,10-11H2,1-2H3,(H,21,24). The Labute approximate surface area is 156 Å². The van der Waals surface area contributed by atoms with Gasteiger partial charge < -0.3 is 15.1 Å². The van der Waals surface area contributed by atoms with Crippen LogP contribution in [0.15, 0.2) is 42.5 Å². The zero-order valence-corrected chi connectivity index (χ0v) is 15.2. The number of halogens is 1. The van der Waals surface area contributed by atoms with Crippen LogP contribution in [0.25, 0.3) is 0 Å². The summed E-state index contributed by atoms with van der Waals surface area (Å²) < 4.78 is 0. The van der Waals surface area contributed by atoms with E-state index in [4.69, 9.17) is 11.6 Å². The molecule has 0 aliphatic carbocycles. The van der Waals surface area contributed by atoms with E-state index in [1.807, 2.05) is 6.92 Å². The third-order valence-electron chi connectivity index (χ3n) is 4.22. The van der Waals surface area contributed by atoms with Crippen LogP contribution in [0.2, 0.25) is 5.02 Å². The zero-order valence-electron chi connectivity index (χ0n) is 14.5. The number of carbonyl (C=O) groups excluding carboxylic acids is 3. The Morgan fingerprint density at radius 2 is 1.92 bits per heavy atom. The second-order valence-electron chi connectivity index (χ2n) is 6.17. The van der Waals surface area contributed by atoms with E-state index in [1.165, 1.54) is 9.80 Å². The van der Waals surface area contributed by atoms with Crippen LogP contribution in [-0.2, 0) is 9.59 Å². The van der Waals surface area contributed by atoms with Gasteiger partial charge >= 0.3 is 0 Å². The second-order valence-corrected chi connectivity index (χ2v) is 6.60. The minimum Gasteiger partial charge on any atom is -0.332 e. The molecule has 134 valence electrons. The molecule has 3 rings (SSSR count). The van der Waals surface area contributed by atoms with Gasteiger partial charge in [-0.2, -0.15) is 0 Å². The maximum atomic E-state index is 12.6. The first kappa shape index (κ1) is 17.9. The number of para-hydroxylation sites is 1. The van der Waals surface area contributed by atoms with Crippen LogP contribution in [0.3, 0.4) is 0 Å². The number of carbonyl (C=O) groups is 3. The molecule has 7 heteroatoms. The SMILES string of the molecule is Cc1ccc(Cl)cc1NC(=O)CN1C(=O)CN(C)C(=O)c2ccccc21. The lowest BCUT2D eigenvalue weighted by atomic mass is 10.1. The largest absolute Gasteiger partial charge is 0.332 e. The molecule has 26 heavy (non-hydrogen) atoms. The fourth-order valence-corrected chi connectivity index (χ4v) is 3.00. The molecule has 0 bridgehead atoms. The third-order valence-corrected chi connectivity index (χ3v) is 4.46. The van der Waals surface area contributed by atoms with E-state index in [0.717, 1.165) is 5.56 Å². The normalized spacial score (nSPS) is 14.1. The number of fused-ring (bicyclic) bond motifs is 1. The summed E-state index contributed by atoms with van der Waals surface area (Å²) in [7, 11) is 1.57. The van der Waals surface area contributed by atoms with Gasteiger partial charge in [-0.05, 0) is 36.8 Å². The first-order valence-electron chi connectivity index (χ1n) is 8.07. The molecule has 0 saturated heterocycles. The minimum atomic E-state index is -0.365. The third kappa shape index (κ3) is 3.55. The molecule has 1 heterocycles. The summed E-state index contributed by atoms with van der Waals surface area (Å²) in [5.74, 6) is -0.929. The summed E-state index contributed by atoms with van der Waals surface area (Å²) in [5.41, 5.74) is 2.28. The van der Waals surface area contributed by atoms with Crippen LogP contribution in [-0.4, -0.2) is 42.8 Å². The van der Waals surface area contributed by atoms with Crippen molar-refractivity contribution in [2.45, 2.75) is 6.92 Å². The van der Waals surface area contributed by atoms with E-state index >= 15 is 0 Å². The Bertz CT molecular complexity index is 897. The molecule has 0 aromatic heterocycles. The average Bonchev–Trinajstić information content (AvgIpc) is 2.69. The predicted octanol–water partition coefficient (Wildman–Crippen LogP) is 2.71. The zero-order chi connectivity index (χ0) is 18.8. The minimum absolute atomic E-state index is 0.0863. The number of nitrogens with one attached hydrogen (secondary N) is 1. The number of anilines is 2. The molecule has 3 amide bonds. The van der Waals surface area contributed by atoms with Crippen LogP contribution >= 0.6 is 11.6 Å². The van der Waals surface area contributed by atoms with Gasteiger partial charge in [-0.3, -0.25) is 14.4 Å². The Morgan fingerprint density at radius 3 is 2.69 bits per heavy atom. The van der Waals surface area contributed by atoms with E-state index in [2.05, 4.69) is 5.32 Å². The molecule has 2 aromatic carbocycles. The number of amides is 3. The van der Waals surface area contributed by atoms with Crippen molar-refractivity contribution in [3.05, 3.63) is 58.6 Å². The van der Waals surface area contributed by atoms with Gasteiger partial charge in [0.1, 0.15) is 13.1 Å². The number of rotatable bonds is 3. The summed E-state index contributed by atoms with van der Waals surface area (Å²) in [6.07, 6.45) is 0. The van der Waals surface area contributed by atoms with Crippen LogP contribution in [0.4, 0.5) is 11.4 Å². The number of aryl methyl sites for hydroxylation is 1. The Hall–Kier alpha value is -2.86. The van der Waals surface area contributed by atoms with Crippen molar-refractivity contribution in [2.75, 3.05) is 30.4 Å². The molecular weight excluding hydrogens is 354 g/mol. The van der Waals surface area contributed by atoms with Crippen molar-refractivity contribution in [3.8, 4) is 0 Å². The number of hydrogen-bond donors (Lipinski definition) is 1. The summed E-state index contributed by atoms with van der Waals surface area (Å²) >= 11 is 5.98. The maximum absolute atomic E-state index is 12.6. The fourth-order valence-electron chi connectivity index (χ4n) is 2.83. The smallest absolute Gasteiger partial charge is 0.256 e. The lowest BCUT2D eigenvalue weighted by Crippen LogP contribution is -2.41. The van der Waals surface area contributed by atoms with Gasteiger partial charge in [0, 0.05) is 17.8 Å². The van der Waals surface area contributed by atoms with E-state index in [0.29, 0.717) is 22.0 Å². The van der Waals surface area contributed by atoms with Crippen LogP contribution in [0.1, 0.15) is 15.9 Å². The number of likely N-dealkylation sites (N-methyl/N-ethyl adjacent to an activating group) is 1. The first-order chi connectivity index (χ1) is 12.4. The van der Waals surface area contributed by atoms with Crippen molar-refractivity contribution in [3.63, 3.8) is 0 Å². The van der Waals surface area contributed by atoms with Gasteiger partial charge in [-0.15, -0.1) is 0 Å². The fraction of sp³-hybridized carbons (Fsp3) is 0.211. The molecule has 0 unspecified atom stereocenters. The van der Waals surface area contributed by atoms with Gasteiger partial charge in [-0.25, -0.2) is 0 Å². The Kier molecular flexibility index (Phi) is 4.95. The molecule has 0 atom stereocenters. The molecule has 1 N–H and O–H groups in total. The number of benzene rings is 2. The lowest BCUT2D eigenvalue weighted by molar-refractivity contribution is -0.121. The molecular formula is C19H18ClN3O3. The topological polar surface area (TPSA) is 69.7 Å².